The second-order valence-corrected chi connectivity index (χ2v) is 4.78. The lowest BCUT2D eigenvalue weighted by molar-refractivity contribution is -0.128. The van der Waals surface area contributed by atoms with Crippen LogP contribution in [0.25, 0.3) is 0 Å². The van der Waals surface area contributed by atoms with E-state index in [2.05, 4.69) is 10.6 Å². The summed E-state index contributed by atoms with van der Waals surface area (Å²) in [5.41, 5.74) is 11.0. The van der Waals surface area contributed by atoms with Gasteiger partial charge in [-0.15, -0.1) is 0 Å². The number of nitrogens with two attached hydrogens (primary N) is 2. The summed E-state index contributed by atoms with van der Waals surface area (Å²) in [5.74, 6) is -0.905. The lowest BCUT2D eigenvalue weighted by Crippen LogP contribution is -2.50. The van der Waals surface area contributed by atoms with Crippen molar-refractivity contribution in [2.24, 2.45) is 11.5 Å². The van der Waals surface area contributed by atoms with Crippen LogP contribution in [-0.2, 0) is 14.4 Å². The molecule has 3 amide bonds. The zero-order valence-electron chi connectivity index (χ0n) is 12.1. The van der Waals surface area contributed by atoms with Gasteiger partial charge in [0.05, 0.1) is 6.04 Å². The number of primary amides is 1. The minimum absolute atomic E-state index is 0.340. The minimum atomic E-state index is -0.702. The van der Waals surface area contributed by atoms with Crippen molar-refractivity contribution < 1.29 is 14.4 Å². The largest absolute Gasteiger partial charge is 0.368 e. The molecule has 0 rings (SSSR count). The molecule has 0 aromatic heterocycles. The van der Waals surface area contributed by atoms with Crippen LogP contribution in [0.3, 0.4) is 0 Å². The van der Waals surface area contributed by atoms with Crippen molar-refractivity contribution in [1.82, 2.24) is 10.6 Å². The fraction of sp³-hybridized carbons (Fsp3) is 0.769. The van der Waals surface area contributed by atoms with Crippen LogP contribution in [0, 0.1) is 0 Å². The summed E-state index contributed by atoms with van der Waals surface area (Å²) in [6.07, 6.45) is 4.90. The second kappa shape index (κ2) is 11.2. The van der Waals surface area contributed by atoms with Crippen LogP contribution in [0.5, 0.6) is 0 Å². The lowest BCUT2D eigenvalue weighted by Gasteiger charge is -2.18. The van der Waals surface area contributed by atoms with Gasteiger partial charge in [-0.2, -0.15) is 0 Å². The molecule has 0 saturated carbocycles. The molecular formula is C13H26N4O3. The zero-order chi connectivity index (χ0) is 15.4. The van der Waals surface area contributed by atoms with E-state index in [0.717, 1.165) is 19.3 Å². The first-order chi connectivity index (χ1) is 9.52. The van der Waals surface area contributed by atoms with Gasteiger partial charge in [-0.05, 0) is 25.7 Å². The Balaban J connectivity index is 4.09. The molecule has 2 unspecified atom stereocenters. The van der Waals surface area contributed by atoms with Gasteiger partial charge in [-0.25, -0.2) is 0 Å². The fourth-order valence-electron chi connectivity index (χ4n) is 1.75. The highest BCUT2D eigenvalue weighted by molar-refractivity contribution is 5.88. The highest BCUT2D eigenvalue weighted by Crippen LogP contribution is 2.03. The molecule has 0 aromatic rings. The molecule has 20 heavy (non-hydrogen) atoms. The summed E-state index contributed by atoms with van der Waals surface area (Å²) in [5, 5.41) is 5.12. The summed E-state index contributed by atoms with van der Waals surface area (Å²) in [7, 11) is 0. The number of amides is 3. The van der Waals surface area contributed by atoms with Gasteiger partial charge in [-0.3, -0.25) is 14.4 Å². The molecule has 6 N–H and O–H groups in total. The van der Waals surface area contributed by atoms with E-state index in [1.165, 1.54) is 0 Å². The lowest BCUT2D eigenvalue weighted by atomic mass is 10.1. The van der Waals surface area contributed by atoms with E-state index in [9.17, 15) is 14.4 Å². The fourth-order valence-corrected chi connectivity index (χ4v) is 1.75. The highest BCUT2D eigenvalue weighted by atomic mass is 16.2. The normalized spacial score (nSPS) is 13.3. The molecule has 0 aliphatic carbocycles. The van der Waals surface area contributed by atoms with Crippen molar-refractivity contribution in [1.29, 1.82) is 0 Å². The van der Waals surface area contributed by atoms with Gasteiger partial charge in [0.1, 0.15) is 6.04 Å². The van der Waals surface area contributed by atoms with Crippen molar-refractivity contribution in [2.75, 3.05) is 6.54 Å². The first kappa shape index (κ1) is 18.4. The summed E-state index contributed by atoms with van der Waals surface area (Å²) in [4.78, 5) is 33.1. The molecule has 0 spiro atoms. The zero-order valence-corrected chi connectivity index (χ0v) is 12.1. The Morgan fingerprint density at radius 1 is 1.20 bits per heavy atom. The van der Waals surface area contributed by atoms with Gasteiger partial charge >= 0.3 is 0 Å². The predicted octanol–water partition coefficient (Wildman–Crippen LogP) is -0.610. The molecule has 7 heteroatoms. The quantitative estimate of drug-likeness (QED) is 0.282. The number of carbonyl (C=O) groups excluding carboxylic acids is 3. The number of hydrogen-bond acceptors (Lipinski definition) is 4. The van der Waals surface area contributed by atoms with Crippen molar-refractivity contribution >= 4 is 18.2 Å². The van der Waals surface area contributed by atoms with Crippen LogP contribution in [0.15, 0.2) is 0 Å². The molecule has 0 bridgehead atoms. The molecule has 0 radical (unpaired) electrons. The molecule has 0 aromatic carbocycles. The summed E-state index contributed by atoms with van der Waals surface area (Å²) in [6.45, 7) is 2.56. The molecule has 0 saturated heterocycles. The molecular weight excluding hydrogens is 260 g/mol. The van der Waals surface area contributed by atoms with Gasteiger partial charge in [0.15, 0.2) is 0 Å². The summed E-state index contributed by atoms with van der Waals surface area (Å²) < 4.78 is 0. The van der Waals surface area contributed by atoms with Gasteiger partial charge < -0.3 is 22.1 Å². The van der Waals surface area contributed by atoms with Gasteiger partial charge in [0.2, 0.25) is 18.2 Å². The SMILES string of the molecule is CCCCC(N)C(=O)NC(CCCCNC=O)C(N)=O. The van der Waals surface area contributed by atoms with Crippen LogP contribution in [-0.4, -0.2) is 36.9 Å². The van der Waals surface area contributed by atoms with Gasteiger partial charge in [0, 0.05) is 6.54 Å². The Bertz CT molecular complexity index is 310. The van der Waals surface area contributed by atoms with E-state index < -0.39 is 18.0 Å². The molecule has 7 nitrogen and oxygen atoms in total. The number of hydrogen-bond donors (Lipinski definition) is 4. The Hall–Kier alpha value is -1.63. The van der Waals surface area contributed by atoms with Crippen LogP contribution < -0.4 is 22.1 Å². The van der Waals surface area contributed by atoms with Gasteiger partial charge in [-0.1, -0.05) is 19.8 Å². The van der Waals surface area contributed by atoms with Crippen molar-refractivity contribution in [3.8, 4) is 0 Å². The van der Waals surface area contributed by atoms with Crippen molar-refractivity contribution in [3.05, 3.63) is 0 Å². The number of carbonyl (C=O) groups is 3. The molecule has 116 valence electrons. The number of rotatable bonds is 12. The number of nitrogens with one attached hydrogen (secondary N) is 2. The average molecular weight is 286 g/mol. The Morgan fingerprint density at radius 2 is 1.90 bits per heavy atom. The Labute approximate surface area is 119 Å². The highest BCUT2D eigenvalue weighted by Gasteiger charge is 2.21. The minimum Gasteiger partial charge on any atom is -0.368 e. The van der Waals surface area contributed by atoms with Gasteiger partial charge in [0.25, 0.3) is 0 Å². The predicted molar refractivity (Wildman–Crippen MR) is 76.5 cm³/mol. The summed E-state index contributed by atoms with van der Waals surface area (Å²) in [6, 6.07) is -1.31. The first-order valence-corrected chi connectivity index (χ1v) is 7.05. The smallest absolute Gasteiger partial charge is 0.240 e. The third kappa shape index (κ3) is 8.47. The maximum absolute atomic E-state index is 11.8. The maximum Gasteiger partial charge on any atom is 0.240 e. The molecule has 0 heterocycles. The Kier molecular flexibility index (Phi) is 10.3. The molecule has 0 aliphatic heterocycles. The first-order valence-electron chi connectivity index (χ1n) is 7.05. The van der Waals surface area contributed by atoms with Crippen molar-refractivity contribution in [2.45, 2.75) is 57.5 Å². The van der Waals surface area contributed by atoms with E-state index in [0.29, 0.717) is 32.2 Å². The van der Waals surface area contributed by atoms with Crippen molar-refractivity contribution in [3.63, 3.8) is 0 Å². The number of unbranched alkanes of at least 4 members (excludes halogenated alkanes) is 2. The average Bonchev–Trinajstić information content (AvgIpc) is 2.42. The molecule has 2 atom stereocenters. The van der Waals surface area contributed by atoms with Crippen LogP contribution in [0.1, 0.15) is 45.4 Å². The second-order valence-electron chi connectivity index (χ2n) is 4.78. The monoisotopic (exact) mass is 286 g/mol. The van der Waals surface area contributed by atoms with E-state index >= 15 is 0 Å². The molecule has 0 aliphatic rings. The van der Waals surface area contributed by atoms with Crippen LogP contribution >= 0.6 is 0 Å². The Morgan fingerprint density at radius 3 is 2.45 bits per heavy atom. The third-order valence-corrected chi connectivity index (χ3v) is 3.01. The topological polar surface area (TPSA) is 127 Å². The summed E-state index contributed by atoms with van der Waals surface area (Å²) >= 11 is 0. The van der Waals surface area contributed by atoms with E-state index in [1.54, 1.807) is 0 Å². The van der Waals surface area contributed by atoms with Crippen LogP contribution in [0.4, 0.5) is 0 Å². The standard InChI is InChI=1S/C13H26N4O3/c1-2-3-6-10(14)13(20)17-11(12(15)19)7-4-5-8-16-9-18/h9-11H,2-8,14H2,1H3,(H2,15,19)(H,16,18)(H,17,20). The van der Waals surface area contributed by atoms with Crippen LogP contribution in [0.2, 0.25) is 0 Å². The molecule has 0 fully saturated rings. The van der Waals surface area contributed by atoms with E-state index in [-0.39, 0.29) is 5.91 Å². The third-order valence-electron chi connectivity index (χ3n) is 3.01. The maximum atomic E-state index is 11.8. The van der Waals surface area contributed by atoms with E-state index in [1.807, 2.05) is 6.92 Å². The van der Waals surface area contributed by atoms with E-state index in [4.69, 9.17) is 11.5 Å².